The Morgan fingerprint density at radius 2 is 2.00 bits per heavy atom. The molecule has 0 aliphatic rings. The van der Waals surface area contributed by atoms with Gasteiger partial charge in [0.1, 0.15) is 11.4 Å². The lowest BCUT2D eigenvalue weighted by atomic mass is 10.1. The van der Waals surface area contributed by atoms with Crippen LogP contribution in [-0.2, 0) is 6.42 Å². The summed E-state index contributed by atoms with van der Waals surface area (Å²) in [6.45, 7) is 0.468. The molecule has 0 bridgehead atoms. The van der Waals surface area contributed by atoms with Crippen LogP contribution in [0.5, 0.6) is 5.75 Å². The summed E-state index contributed by atoms with van der Waals surface area (Å²) in [4.78, 5) is 25.4. The van der Waals surface area contributed by atoms with Gasteiger partial charge in [0, 0.05) is 12.6 Å². The topological polar surface area (TPSA) is 71.2 Å². The Kier molecular flexibility index (Phi) is 4.55. The van der Waals surface area contributed by atoms with Crippen LogP contribution in [0.3, 0.4) is 0 Å². The molecule has 0 saturated carbocycles. The first-order valence-corrected chi connectivity index (χ1v) is 6.30. The van der Waals surface area contributed by atoms with E-state index >= 15 is 0 Å². The third-order valence-electron chi connectivity index (χ3n) is 2.89. The average molecular weight is 272 g/mol. The molecule has 0 fully saturated rings. The third-order valence-corrected chi connectivity index (χ3v) is 2.89. The van der Waals surface area contributed by atoms with Gasteiger partial charge in [-0.2, -0.15) is 0 Å². The molecule has 1 heterocycles. The summed E-state index contributed by atoms with van der Waals surface area (Å²) in [6.07, 6.45) is 0.660. The molecular weight excluding hydrogens is 256 g/mol. The minimum absolute atomic E-state index is 0.262. The quantitative estimate of drug-likeness (QED) is 0.863. The lowest BCUT2D eigenvalue weighted by Crippen LogP contribution is -2.28. The van der Waals surface area contributed by atoms with Gasteiger partial charge >= 0.3 is 0 Å². The molecule has 0 spiro atoms. The van der Waals surface area contributed by atoms with Crippen molar-refractivity contribution >= 4 is 5.91 Å². The van der Waals surface area contributed by atoms with Crippen molar-refractivity contribution in [2.24, 2.45) is 0 Å². The van der Waals surface area contributed by atoms with Gasteiger partial charge < -0.3 is 15.0 Å². The van der Waals surface area contributed by atoms with Crippen molar-refractivity contribution in [2.75, 3.05) is 13.7 Å². The molecule has 0 atom stereocenters. The zero-order valence-electron chi connectivity index (χ0n) is 11.2. The van der Waals surface area contributed by atoms with E-state index in [4.69, 9.17) is 4.74 Å². The number of amides is 1. The summed E-state index contributed by atoms with van der Waals surface area (Å²) in [6, 6.07) is 12.1. The van der Waals surface area contributed by atoms with Crippen molar-refractivity contribution < 1.29 is 9.53 Å². The lowest BCUT2D eigenvalue weighted by molar-refractivity contribution is 0.0949. The van der Waals surface area contributed by atoms with Crippen LogP contribution in [0.4, 0.5) is 0 Å². The van der Waals surface area contributed by atoms with Crippen LogP contribution in [-0.4, -0.2) is 24.5 Å². The Labute approximate surface area is 116 Å². The summed E-state index contributed by atoms with van der Waals surface area (Å²) in [5.74, 6) is 0.507. The zero-order valence-corrected chi connectivity index (χ0v) is 11.2. The van der Waals surface area contributed by atoms with E-state index < -0.39 is 0 Å². The molecule has 5 nitrogen and oxygen atoms in total. The maximum Gasteiger partial charge on any atom is 0.267 e. The molecule has 0 saturated heterocycles. The van der Waals surface area contributed by atoms with Crippen LogP contribution in [0, 0.1) is 0 Å². The van der Waals surface area contributed by atoms with Crippen molar-refractivity contribution in [3.8, 4) is 5.75 Å². The zero-order chi connectivity index (χ0) is 14.4. The van der Waals surface area contributed by atoms with Gasteiger partial charge in [-0.1, -0.05) is 24.3 Å². The van der Waals surface area contributed by atoms with Gasteiger partial charge in [-0.15, -0.1) is 0 Å². The summed E-state index contributed by atoms with van der Waals surface area (Å²) >= 11 is 0. The number of nitrogens with one attached hydrogen (secondary N) is 2. The highest BCUT2D eigenvalue weighted by atomic mass is 16.5. The molecule has 1 amide bonds. The lowest BCUT2D eigenvalue weighted by Gasteiger charge is -2.09. The number of ether oxygens (including phenoxy) is 1. The van der Waals surface area contributed by atoms with Gasteiger partial charge in [-0.25, -0.2) is 0 Å². The van der Waals surface area contributed by atoms with E-state index in [0.717, 1.165) is 11.3 Å². The molecule has 104 valence electrons. The molecule has 2 aromatic rings. The van der Waals surface area contributed by atoms with E-state index in [2.05, 4.69) is 10.3 Å². The number of aromatic nitrogens is 1. The Morgan fingerprint density at radius 3 is 2.75 bits per heavy atom. The number of pyridine rings is 1. The Hall–Kier alpha value is -2.56. The largest absolute Gasteiger partial charge is 0.496 e. The van der Waals surface area contributed by atoms with Crippen LogP contribution < -0.4 is 15.6 Å². The molecule has 1 aromatic carbocycles. The van der Waals surface area contributed by atoms with Crippen LogP contribution in [0.15, 0.2) is 47.3 Å². The molecule has 2 rings (SSSR count). The standard InChI is InChI=1S/C15H16N2O3/c1-20-13-7-3-2-5-11(13)9-10-16-15(19)12-6-4-8-14(18)17-12/h2-8H,9-10H2,1H3,(H,16,19)(H,17,18). The summed E-state index contributed by atoms with van der Waals surface area (Å²) < 4.78 is 5.24. The number of hydrogen-bond acceptors (Lipinski definition) is 3. The molecule has 0 radical (unpaired) electrons. The number of hydrogen-bond donors (Lipinski definition) is 2. The minimum Gasteiger partial charge on any atom is -0.496 e. The van der Waals surface area contributed by atoms with E-state index in [1.165, 1.54) is 6.07 Å². The molecular formula is C15H16N2O3. The number of H-pyrrole nitrogens is 1. The fourth-order valence-corrected chi connectivity index (χ4v) is 1.90. The molecule has 1 aromatic heterocycles. The van der Waals surface area contributed by atoms with Crippen LogP contribution in [0.1, 0.15) is 16.1 Å². The number of methoxy groups -OCH3 is 1. The monoisotopic (exact) mass is 272 g/mol. The van der Waals surface area contributed by atoms with Gasteiger partial charge in [-0.05, 0) is 24.1 Å². The van der Waals surface area contributed by atoms with E-state index in [1.54, 1.807) is 19.2 Å². The summed E-state index contributed by atoms with van der Waals surface area (Å²) in [7, 11) is 1.62. The highest BCUT2D eigenvalue weighted by molar-refractivity contribution is 5.92. The predicted octanol–water partition coefficient (Wildman–Crippen LogP) is 1.36. The number of carbonyl (C=O) groups excluding carboxylic acids is 1. The number of rotatable bonds is 5. The maximum absolute atomic E-state index is 11.8. The minimum atomic E-state index is -0.294. The fourth-order valence-electron chi connectivity index (χ4n) is 1.90. The van der Waals surface area contributed by atoms with Crippen molar-refractivity contribution in [3.63, 3.8) is 0 Å². The van der Waals surface area contributed by atoms with Crippen molar-refractivity contribution in [2.45, 2.75) is 6.42 Å². The predicted molar refractivity (Wildman–Crippen MR) is 76.1 cm³/mol. The first kappa shape index (κ1) is 13.9. The molecule has 0 unspecified atom stereocenters. The van der Waals surface area contributed by atoms with Crippen LogP contribution >= 0.6 is 0 Å². The fraction of sp³-hybridized carbons (Fsp3) is 0.200. The average Bonchev–Trinajstić information content (AvgIpc) is 2.47. The number of para-hydroxylation sites is 1. The van der Waals surface area contributed by atoms with Gasteiger partial charge in [0.15, 0.2) is 0 Å². The van der Waals surface area contributed by atoms with Gasteiger partial charge in [0.2, 0.25) is 5.56 Å². The molecule has 0 aliphatic heterocycles. The van der Waals surface area contributed by atoms with E-state index in [0.29, 0.717) is 13.0 Å². The Balaban J connectivity index is 1.93. The van der Waals surface area contributed by atoms with E-state index in [9.17, 15) is 9.59 Å². The second kappa shape index (κ2) is 6.56. The van der Waals surface area contributed by atoms with Gasteiger partial charge in [0.25, 0.3) is 5.91 Å². The molecule has 2 N–H and O–H groups in total. The maximum atomic E-state index is 11.8. The Bertz CT molecular complexity index is 649. The molecule has 20 heavy (non-hydrogen) atoms. The smallest absolute Gasteiger partial charge is 0.267 e. The van der Waals surface area contributed by atoms with Crippen molar-refractivity contribution in [3.05, 3.63) is 64.1 Å². The first-order valence-electron chi connectivity index (χ1n) is 6.30. The normalized spacial score (nSPS) is 10.1. The summed E-state index contributed by atoms with van der Waals surface area (Å²) in [5, 5.41) is 2.76. The highest BCUT2D eigenvalue weighted by Crippen LogP contribution is 2.17. The first-order chi connectivity index (χ1) is 9.70. The van der Waals surface area contributed by atoms with Crippen molar-refractivity contribution in [1.82, 2.24) is 10.3 Å². The van der Waals surface area contributed by atoms with Crippen LogP contribution in [0.25, 0.3) is 0 Å². The Morgan fingerprint density at radius 1 is 1.20 bits per heavy atom. The number of benzene rings is 1. The second-order valence-electron chi connectivity index (χ2n) is 4.25. The van der Waals surface area contributed by atoms with E-state index in [-0.39, 0.29) is 17.2 Å². The third kappa shape index (κ3) is 3.47. The number of carbonyl (C=O) groups is 1. The van der Waals surface area contributed by atoms with Crippen molar-refractivity contribution in [1.29, 1.82) is 0 Å². The highest BCUT2D eigenvalue weighted by Gasteiger charge is 2.06. The second-order valence-corrected chi connectivity index (χ2v) is 4.25. The van der Waals surface area contributed by atoms with Crippen LogP contribution in [0.2, 0.25) is 0 Å². The molecule has 0 aliphatic carbocycles. The van der Waals surface area contributed by atoms with E-state index in [1.807, 2.05) is 24.3 Å². The molecule has 5 heteroatoms. The summed E-state index contributed by atoms with van der Waals surface area (Å²) in [5.41, 5.74) is 0.997. The van der Waals surface area contributed by atoms with Gasteiger partial charge in [0.05, 0.1) is 7.11 Å². The SMILES string of the molecule is COc1ccccc1CCNC(=O)c1cccc(=O)[nH]1. The number of aromatic amines is 1. The van der Waals surface area contributed by atoms with Gasteiger partial charge in [-0.3, -0.25) is 9.59 Å².